The SMILES string of the molecule is CCCCCCCOc1ccccc1-c1cc(-c2cccc(N)c2)n[nH]1. The lowest BCUT2D eigenvalue weighted by Crippen LogP contribution is -1.98. The molecule has 0 fully saturated rings. The molecule has 0 unspecified atom stereocenters. The van der Waals surface area contributed by atoms with Crippen LogP contribution in [0.5, 0.6) is 5.75 Å². The smallest absolute Gasteiger partial charge is 0.128 e. The van der Waals surface area contributed by atoms with Crippen LogP contribution in [-0.2, 0) is 0 Å². The Hall–Kier alpha value is -2.75. The lowest BCUT2D eigenvalue weighted by atomic mass is 10.1. The molecule has 0 atom stereocenters. The minimum Gasteiger partial charge on any atom is -0.493 e. The Morgan fingerprint density at radius 2 is 1.81 bits per heavy atom. The number of aromatic amines is 1. The average molecular weight is 349 g/mol. The Labute approximate surface area is 155 Å². The molecule has 2 aromatic carbocycles. The predicted molar refractivity (Wildman–Crippen MR) is 108 cm³/mol. The number of hydrogen-bond donors (Lipinski definition) is 2. The summed E-state index contributed by atoms with van der Waals surface area (Å²) in [6.07, 6.45) is 6.16. The molecule has 1 heterocycles. The topological polar surface area (TPSA) is 63.9 Å². The molecule has 0 amide bonds. The highest BCUT2D eigenvalue weighted by Gasteiger charge is 2.10. The van der Waals surface area contributed by atoms with Crippen molar-refractivity contribution in [1.82, 2.24) is 10.2 Å². The van der Waals surface area contributed by atoms with Gasteiger partial charge in [-0.05, 0) is 36.8 Å². The summed E-state index contributed by atoms with van der Waals surface area (Å²) in [6, 6.07) is 17.9. The molecule has 0 aliphatic carbocycles. The second-order valence-electron chi connectivity index (χ2n) is 6.55. The molecule has 0 saturated carbocycles. The second kappa shape index (κ2) is 9.09. The number of H-pyrrole nitrogens is 1. The van der Waals surface area contributed by atoms with Crippen molar-refractivity contribution in [2.75, 3.05) is 12.3 Å². The molecule has 4 nitrogen and oxygen atoms in total. The van der Waals surface area contributed by atoms with E-state index in [2.05, 4.69) is 23.2 Å². The number of nitrogens with one attached hydrogen (secondary N) is 1. The van der Waals surface area contributed by atoms with Gasteiger partial charge < -0.3 is 10.5 Å². The maximum absolute atomic E-state index is 6.04. The molecular weight excluding hydrogens is 322 g/mol. The molecule has 3 N–H and O–H groups in total. The van der Waals surface area contributed by atoms with Crippen LogP contribution in [0, 0.1) is 0 Å². The van der Waals surface area contributed by atoms with Crippen LogP contribution in [0.25, 0.3) is 22.5 Å². The summed E-state index contributed by atoms with van der Waals surface area (Å²) in [4.78, 5) is 0. The van der Waals surface area contributed by atoms with E-state index in [9.17, 15) is 0 Å². The van der Waals surface area contributed by atoms with Crippen molar-refractivity contribution >= 4 is 5.69 Å². The third-order valence-corrected chi connectivity index (χ3v) is 4.44. The molecule has 0 bridgehead atoms. The van der Waals surface area contributed by atoms with Crippen LogP contribution in [0.3, 0.4) is 0 Å². The number of para-hydroxylation sites is 1. The first-order valence-corrected chi connectivity index (χ1v) is 9.41. The number of rotatable bonds is 9. The largest absolute Gasteiger partial charge is 0.493 e. The highest BCUT2D eigenvalue weighted by molar-refractivity contribution is 5.73. The second-order valence-corrected chi connectivity index (χ2v) is 6.55. The fraction of sp³-hybridized carbons (Fsp3) is 0.318. The monoisotopic (exact) mass is 349 g/mol. The van der Waals surface area contributed by atoms with E-state index in [0.717, 1.165) is 47.0 Å². The van der Waals surface area contributed by atoms with Gasteiger partial charge in [0.1, 0.15) is 5.75 Å². The van der Waals surface area contributed by atoms with Gasteiger partial charge in [0.15, 0.2) is 0 Å². The van der Waals surface area contributed by atoms with Gasteiger partial charge >= 0.3 is 0 Å². The van der Waals surface area contributed by atoms with Gasteiger partial charge in [0.25, 0.3) is 0 Å². The first kappa shape index (κ1) is 18.1. The molecule has 3 rings (SSSR count). The Bertz CT molecular complexity index is 826. The van der Waals surface area contributed by atoms with Gasteiger partial charge in [0, 0.05) is 16.8 Å². The molecule has 0 spiro atoms. The van der Waals surface area contributed by atoms with Crippen LogP contribution in [0.1, 0.15) is 39.0 Å². The summed E-state index contributed by atoms with van der Waals surface area (Å²) < 4.78 is 6.04. The minimum atomic E-state index is 0.735. The fourth-order valence-electron chi connectivity index (χ4n) is 3.01. The van der Waals surface area contributed by atoms with Crippen molar-refractivity contribution in [2.45, 2.75) is 39.0 Å². The lowest BCUT2D eigenvalue weighted by molar-refractivity contribution is 0.305. The lowest BCUT2D eigenvalue weighted by Gasteiger charge is -2.10. The van der Waals surface area contributed by atoms with E-state index in [-0.39, 0.29) is 0 Å². The van der Waals surface area contributed by atoms with E-state index in [0.29, 0.717) is 0 Å². The van der Waals surface area contributed by atoms with Gasteiger partial charge in [-0.2, -0.15) is 5.10 Å². The van der Waals surface area contributed by atoms with E-state index in [1.807, 2.05) is 48.5 Å². The van der Waals surface area contributed by atoms with E-state index in [1.165, 1.54) is 25.7 Å². The van der Waals surface area contributed by atoms with Gasteiger partial charge in [0.2, 0.25) is 0 Å². The van der Waals surface area contributed by atoms with E-state index in [1.54, 1.807) is 0 Å². The summed E-state index contributed by atoms with van der Waals surface area (Å²) in [5.74, 6) is 0.894. The molecule has 1 aromatic heterocycles. The third-order valence-electron chi connectivity index (χ3n) is 4.44. The minimum absolute atomic E-state index is 0.735. The average Bonchev–Trinajstić information content (AvgIpc) is 3.15. The van der Waals surface area contributed by atoms with Crippen LogP contribution < -0.4 is 10.5 Å². The molecule has 0 aliphatic rings. The Morgan fingerprint density at radius 1 is 0.962 bits per heavy atom. The number of nitrogens with zero attached hydrogens (tertiary/aromatic N) is 1. The molecule has 3 aromatic rings. The van der Waals surface area contributed by atoms with Gasteiger partial charge in [0.05, 0.1) is 18.0 Å². The molecule has 0 saturated heterocycles. The summed E-state index contributed by atoms with van der Waals surface area (Å²) >= 11 is 0. The maximum atomic E-state index is 6.04. The number of benzene rings is 2. The van der Waals surface area contributed by atoms with Gasteiger partial charge in [-0.3, -0.25) is 5.10 Å². The molecular formula is C22H27N3O. The molecule has 136 valence electrons. The van der Waals surface area contributed by atoms with Crippen molar-refractivity contribution in [3.8, 4) is 28.3 Å². The predicted octanol–water partition coefficient (Wildman–Crippen LogP) is 5.68. The first-order valence-electron chi connectivity index (χ1n) is 9.41. The van der Waals surface area contributed by atoms with Crippen LogP contribution in [0.2, 0.25) is 0 Å². The Morgan fingerprint density at radius 3 is 2.65 bits per heavy atom. The highest BCUT2D eigenvalue weighted by atomic mass is 16.5. The number of nitrogen functional groups attached to an aromatic ring is 1. The quantitative estimate of drug-likeness (QED) is 0.386. The van der Waals surface area contributed by atoms with Crippen LogP contribution in [-0.4, -0.2) is 16.8 Å². The fourth-order valence-corrected chi connectivity index (χ4v) is 3.01. The van der Waals surface area contributed by atoms with Crippen LogP contribution in [0.15, 0.2) is 54.6 Å². The summed E-state index contributed by atoms with van der Waals surface area (Å²) in [5, 5.41) is 7.57. The zero-order valence-electron chi connectivity index (χ0n) is 15.4. The van der Waals surface area contributed by atoms with E-state index >= 15 is 0 Å². The van der Waals surface area contributed by atoms with E-state index < -0.39 is 0 Å². The molecule has 0 radical (unpaired) electrons. The summed E-state index contributed by atoms with van der Waals surface area (Å²) in [5.41, 5.74) is 10.5. The van der Waals surface area contributed by atoms with Crippen LogP contribution in [0.4, 0.5) is 5.69 Å². The molecule has 0 aliphatic heterocycles. The zero-order chi connectivity index (χ0) is 18.2. The number of anilines is 1. The van der Waals surface area contributed by atoms with E-state index in [4.69, 9.17) is 10.5 Å². The number of nitrogens with two attached hydrogens (primary N) is 1. The maximum Gasteiger partial charge on any atom is 0.128 e. The van der Waals surface area contributed by atoms with Crippen molar-refractivity contribution in [1.29, 1.82) is 0 Å². The van der Waals surface area contributed by atoms with Crippen LogP contribution >= 0.6 is 0 Å². The zero-order valence-corrected chi connectivity index (χ0v) is 15.4. The number of ether oxygens (including phenoxy) is 1. The third kappa shape index (κ3) is 4.66. The van der Waals surface area contributed by atoms with Gasteiger partial charge in [-0.15, -0.1) is 0 Å². The van der Waals surface area contributed by atoms with Gasteiger partial charge in [-0.1, -0.05) is 56.9 Å². The normalized spacial score (nSPS) is 10.8. The van der Waals surface area contributed by atoms with Gasteiger partial charge in [-0.25, -0.2) is 0 Å². The molecule has 4 heteroatoms. The summed E-state index contributed by atoms with van der Waals surface area (Å²) in [7, 11) is 0. The standard InChI is InChI=1S/C22H27N3O/c1-2-3-4-5-8-14-26-22-13-7-6-12-19(22)21-16-20(24-25-21)17-10-9-11-18(23)15-17/h6-7,9-13,15-16H,2-5,8,14,23H2,1H3,(H,24,25). The number of aromatic nitrogens is 2. The summed E-state index contributed by atoms with van der Waals surface area (Å²) in [6.45, 7) is 2.98. The molecule has 26 heavy (non-hydrogen) atoms. The van der Waals surface area contributed by atoms with Crippen molar-refractivity contribution in [3.05, 3.63) is 54.6 Å². The van der Waals surface area contributed by atoms with Crippen molar-refractivity contribution in [2.24, 2.45) is 0 Å². The number of hydrogen-bond acceptors (Lipinski definition) is 3. The van der Waals surface area contributed by atoms with Crippen molar-refractivity contribution < 1.29 is 4.74 Å². The Balaban J connectivity index is 1.70. The highest BCUT2D eigenvalue weighted by Crippen LogP contribution is 2.31. The Kier molecular flexibility index (Phi) is 6.31. The number of unbranched alkanes of at least 4 members (excludes halogenated alkanes) is 4. The first-order chi connectivity index (χ1) is 12.8. The van der Waals surface area contributed by atoms with Crippen molar-refractivity contribution in [3.63, 3.8) is 0 Å².